The third-order valence-electron chi connectivity index (χ3n) is 17.4. The predicted molar refractivity (Wildman–Crippen MR) is 319 cm³/mol. The minimum Gasteiger partial charge on any atom is -0.303 e. The average molecular weight is 1320 g/mol. The minimum atomic E-state index is -7.22. The van der Waals surface area contributed by atoms with Crippen LogP contribution in [-0.4, -0.2) is 19.2 Å². The second kappa shape index (κ2) is 40.1. The fourth-order valence-electron chi connectivity index (χ4n) is 12.2. The second-order valence-electron chi connectivity index (χ2n) is 23.9. The van der Waals surface area contributed by atoms with E-state index < -0.39 is 144 Å². The fraction of sp³-hybridized carbons (Fsp3) is 0.565. The molecule has 1 nitrogen and oxygen atoms in total. The summed E-state index contributed by atoms with van der Waals surface area (Å²) in [6.45, 7) is 9.48. The molecule has 91 heavy (non-hydrogen) atoms. The maximum absolute atomic E-state index is 15.4. The van der Waals surface area contributed by atoms with Crippen molar-refractivity contribution >= 4 is 33.7 Å². The Kier molecular flexibility index (Phi) is 34.4. The van der Waals surface area contributed by atoms with Gasteiger partial charge in [-0.25, -0.2) is 87.8 Å². The van der Waals surface area contributed by atoms with Crippen molar-refractivity contribution in [3.8, 4) is 0 Å². The van der Waals surface area contributed by atoms with Crippen molar-refractivity contribution in [2.24, 2.45) is 0 Å². The SMILES string of the molecule is CCCCCCCCCCCCCCCCCCCc1ccc([NH+](CC)CCCCCCCCCCCCCCCCCC)cc1.Fc1c(F)c(F)c([B-](c2c(F)c(F)c(F)c(F)c2F)(c2c(F)c(F)c(F)c(F)c2F)c2c(F)c(F)c(F)c(F)c2F)c(F)c1F. The van der Waals surface area contributed by atoms with Gasteiger partial charge in [-0.05, 0) is 50.3 Å². The van der Waals surface area contributed by atoms with E-state index in [-0.39, 0.29) is 0 Å². The van der Waals surface area contributed by atoms with Crippen molar-refractivity contribution < 1.29 is 92.7 Å². The van der Waals surface area contributed by atoms with Gasteiger partial charge in [0.25, 0.3) is 0 Å². The molecule has 0 aliphatic rings. The topological polar surface area (TPSA) is 4.44 Å². The van der Waals surface area contributed by atoms with Gasteiger partial charge < -0.3 is 4.90 Å². The molecule has 1 unspecified atom stereocenters. The molecule has 5 rings (SSSR count). The summed E-state index contributed by atoms with van der Waals surface area (Å²) in [4.78, 5) is 1.68. The lowest BCUT2D eigenvalue weighted by atomic mass is 9.12. The van der Waals surface area contributed by atoms with E-state index in [1.807, 2.05) is 0 Å². The van der Waals surface area contributed by atoms with Crippen LogP contribution in [0.5, 0.6) is 0 Å². The number of nitrogens with one attached hydrogen (secondary N) is 1. The molecule has 0 aliphatic heterocycles. The van der Waals surface area contributed by atoms with Gasteiger partial charge in [0.2, 0.25) is 0 Å². The van der Waals surface area contributed by atoms with Gasteiger partial charge >= 0.3 is 0 Å². The monoisotopic (exact) mass is 1320 g/mol. The van der Waals surface area contributed by atoms with Crippen LogP contribution in [0.1, 0.15) is 238 Å². The zero-order valence-corrected chi connectivity index (χ0v) is 52.4. The van der Waals surface area contributed by atoms with Crippen LogP contribution in [0.25, 0.3) is 0 Å². The third-order valence-corrected chi connectivity index (χ3v) is 17.4. The molecule has 0 aliphatic carbocycles. The highest BCUT2D eigenvalue weighted by Gasteiger charge is 2.52. The van der Waals surface area contributed by atoms with E-state index in [2.05, 4.69) is 45.0 Å². The first-order valence-electron chi connectivity index (χ1n) is 32.7. The molecule has 5 aromatic rings. The largest absolute Gasteiger partial charge is 0.303 e. The number of halogens is 20. The molecule has 5 aromatic carbocycles. The molecule has 0 amide bonds. The lowest BCUT2D eigenvalue weighted by Crippen LogP contribution is -3.06. The number of rotatable bonds is 41. The molecule has 1 atom stereocenters. The predicted octanol–water partition coefficient (Wildman–Crippen LogP) is 20.5. The van der Waals surface area contributed by atoms with Gasteiger partial charge in [0, 0.05) is 0 Å². The molecule has 510 valence electrons. The lowest BCUT2D eigenvalue weighted by Gasteiger charge is -2.44. The van der Waals surface area contributed by atoms with Crippen LogP contribution in [0.3, 0.4) is 0 Å². The Morgan fingerprint density at radius 3 is 0.626 bits per heavy atom. The summed E-state index contributed by atoms with van der Waals surface area (Å²) in [5, 5.41) is 0. The summed E-state index contributed by atoms with van der Waals surface area (Å²) in [7, 11) is 0. The number of aryl methyl sites for hydroxylation is 1. The zero-order valence-electron chi connectivity index (χ0n) is 52.4. The molecule has 0 aromatic heterocycles. The molecule has 0 heterocycles. The molecule has 0 spiro atoms. The smallest absolute Gasteiger partial charge is 0.200 e. The Labute approximate surface area is 523 Å². The van der Waals surface area contributed by atoms with Crippen LogP contribution < -0.4 is 26.8 Å². The van der Waals surface area contributed by atoms with Crippen molar-refractivity contribution in [3.05, 3.63) is 146 Å². The van der Waals surface area contributed by atoms with Crippen molar-refractivity contribution in [1.29, 1.82) is 0 Å². The van der Waals surface area contributed by atoms with Crippen molar-refractivity contribution in [1.82, 2.24) is 0 Å². The number of unbranched alkanes of at least 4 members (excludes halogenated alkanes) is 31. The molecule has 1 N–H and O–H groups in total. The van der Waals surface area contributed by atoms with E-state index in [1.165, 1.54) is 237 Å². The molecular weight excluding hydrogens is 1230 g/mol. The van der Waals surface area contributed by atoms with E-state index in [0.29, 0.717) is 0 Å². The van der Waals surface area contributed by atoms with E-state index in [9.17, 15) is 52.7 Å². The van der Waals surface area contributed by atoms with Gasteiger partial charge in [0.1, 0.15) is 58.4 Å². The fourth-order valence-corrected chi connectivity index (χ4v) is 12.2. The van der Waals surface area contributed by atoms with Gasteiger partial charge in [-0.2, -0.15) is 0 Å². The van der Waals surface area contributed by atoms with E-state index in [0.717, 1.165) is 0 Å². The van der Waals surface area contributed by atoms with E-state index in [4.69, 9.17) is 0 Å². The molecule has 0 radical (unpaired) electrons. The maximum Gasteiger partial charge on any atom is 0.200 e. The highest BCUT2D eigenvalue weighted by Crippen LogP contribution is 2.31. The number of benzene rings is 5. The standard InChI is InChI=1S/C45H85N.C24BF20/c1-4-7-9-11-13-15-17-19-21-23-24-26-28-30-32-34-36-38-44-39-41-45(42-40-44)46(6-3)43-37-35-33-31-29-27-25-22-20-18-16-14-12-10-8-5-2;26-5-1(6(27)14(35)21(42)13(5)34)25(2-7(28)15(36)22(43)16(37)8(2)29,3-9(30)17(38)23(44)18(39)10(3)31)4-11(32)19(40)24(45)20(41)12(4)33/h39-42H,4-38,43H2,1-3H3;/q;-1/p+1. The Balaban J connectivity index is 0.000000388. The summed E-state index contributed by atoms with van der Waals surface area (Å²) in [6, 6.07) is 9.69. The van der Waals surface area contributed by atoms with Crippen LogP contribution in [-0.2, 0) is 6.42 Å². The van der Waals surface area contributed by atoms with E-state index >= 15 is 35.1 Å². The first-order valence-corrected chi connectivity index (χ1v) is 32.7. The zero-order chi connectivity index (χ0) is 67.4. The highest BCUT2D eigenvalue weighted by atomic mass is 19.2. The molecular formula is C69H86BF20N. The van der Waals surface area contributed by atoms with Crippen LogP contribution >= 0.6 is 0 Å². The average Bonchev–Trinajstić information content (AvgIpc) is 0.685. The Hall–Kier alpha value is -5.28. The maximum atomic E-state index is 15.4. The first kappa shape index (κ1) is 78.2. The third kappa shape index (κ3) is 20.6. The highest BCUT2D eigenvalue weighted by molar-refractivity contribution is 7.20. The van der Waals surface area contributed by atoms with Gasteiger partial charge in [0.05, 0.1) is 13.1 Å². The number of hydrogen-bond acceptors (Lipinski definition) is 0. The van der Waals surface area contributed by atoms with Gasteiger partial charge in [-0.15, -0.1) is 21.9 Å². The normalized spacial score (nSPS) is 12.1. The molecule has 0 fully saturated rings. The summed E-state index contributed by atoms with van der Waals surface area (Å²) >= 11 is 0. The molecule has 22 heteroatoms. The lowest BCUT2D eigenvalue weighted by molar-refractivity contribution is -0.831. The molecule has 0 saturated carbocycles. The molecule has 0 bridgehead atoms. The Morgan fingerprint density at radius 1 is 0.231 bits per heavy atom. The summed E-state index contributed by atoms with van der Waals surface area (Å²) in [6.07, 6.45) is 41.9. The van der Waals surface area contributed by atoms with Crippen molar-refractivity contribution in [2.75, 3.05) is 13.1 Å². The minimum absolute atomic E-state index is 1.21. The summed E-state index contributed by atoms with van der Waals surface area (Å²) in [5.74, 6) is -71.4. The van der Waals surface area contributed by atoms with Gasteiger partial charge in [-0.1, -0.05) is 219 Å². The summed E-state index contributed by atoms with van der Waals surface area (Å²) in [5.41, 5.74) is -11.3. The van der Waals surface area contributed by atoms with Crippen molar-refractivity contribution in [2.45, 2.75) is 239 Å². The van der Waals surface area contributed by atoms with Crippen LogP contribution in [0.2, 0.25) is 0 Å². The van der Waals surface area contributed by atoms with Gasteiger partial charge in [0.15, 0.2) is 69.8 Å². The number of quaternary nitrogens is 1. The van der Waals surface area contributed by atoms with Crippen LogP contribution in [0.4, 0.5) is 93.5 Å². The molecule has 0 saturated heterocycles. The number of hydrogen-bond donors (Lipinski definition) is 1. The van der Waals surface area contributed by atoms with E-state index in [1.54, 1.807) is 10.5 Å². The van der Waals surface area contributed by atoms with Crippen LogP contribution in [0, 0.1) is 116 Å². The Bertz CT molecular complexity index is 2650. The van der Waals surface area contributed by atoms with Crippen molar-refractivity contribution in [3.63, 3.8) is 0 Å². The first-order chi connectivity index (χ1) is 43.5. The quantitative estimate of drug-likeness (QED) is 0.0131. The van der Waals surface area contributed by atoms with Gasteiger partial charge in [-0.3, -0.25) is 0 Å². The summed E-state index contributed by atoms with van der Waals surface area (Å²) < 4.78 is 294. The van der Waals surface area contributed by atoms with Crippen LogP contribution in [0.15, 0.2) is 24.3 Å². The second-order valence-corrected chi connectivity index (χ2v) is 23.9. The Morgan fingerprint density at radius 2 is 0.418 bits per heavy atom.